The van der Waals surface area contributed by atoms with Crippen molar-refractivity contribution in [3.63, 3.8) is 0 Å². The van der Waals surface area contributed by atoms with Crippen LogP contribution in [0, 0.1) is 5.82 Å². The zero-order valence-electron chi connectivity index (χ0n) is 13.4. The number of thiazole rings is 1. The summed E-state index contributed by atoms with van der Waals surface area (Å²) in [7, 11) is 1.58. The Kier molecular flexibility index (Phi) is 5.20. The molecule has 3 rings (SSSR count). The quantitative estimate of drug-likeness (QED) is 0.681. The van der Waals surface area contributed by atoms with Gasteiger partial charge in [-0.25, -0.2) is 9.37 Å². The molecular weight excluding hydrogens is 339 g/mol. The number of carbonyl (C=O) groups is 1. The van der Waals surface area contributed by atoms with Crippen LogP contribution in [0.5, 0.6) is 5.75 Å². The first-order chi connectivity index (χ1) is 12.2. The summed E-state index contributed by atoms with van der Waals surface area (Å²) in [4.78, 5) is 16.4. The van der Waals surface area contributed by atoms with E-state index in [1.165, 1.54) is 29.5 Å². The Bertz CT molecular complexity index is 904. The fraction of sp³-hybridized carbons (Fsp3) is 0.0526. The number of ether oxygens (including phenoxy) is 1. The lowest BCUT2D eigenvalue weighted by Gasteiger charge is -2.03. The van der Waals surface area contributed by atoms with Crippen molar-refractivity contribution >= 4 is 28.5 Å². The highest BCUT2D eigenvalue weighted by Crippen LogP contribution is 2.25. The minimum Gasteiger partial charge on any atom is -0.496 e. The first-order valence-electron chi connectivity index (χ1n) is 7.49. The van der Waals surface area contributed by atoms with Crippen molar-refractivity contribution < 1.29 is 13.9 Å². The second-order valence-electron chi connectivity index (χ2n) is 5.11. The minimum atomic E-state index is -0.297. The summed E-state index contributed by atoms with van der Waals surface area (Å²) in [5.41, 5.74) is 2.29. The molecule has 1 heterocycles. The van der Waals surface area contributed by atoms with Crippen molar-refractivity contribution in [2.75, 3.05) is 12.4 Å². The molecule has 2 aromatic carbocycles. The van der Waals surface area contributed by atoms with Gasteiger partial charge in [-0.3, -0.25) is 10.1 Å². The number of nitrogens with one attached hydrogen (secondary N) is 1. The third-order valence-electron chi connectivity index (χ3n) is 3.43. The zero-order chi connectivity index (χ0) is 17.6. The molecule has 0 atom stereocenters. The summed E-state index contributed by atoms with van der Waals surface area (Å²) in [6.45, 7) is 0. The summed E-state index contributed by atoms with van der Waals surface area (Å²) < 4.78 is 18.2. The Morgan fingerprint density at radius 2 is 1.96 bits per heavy atom. The third kappa shape index (κ3) is 4.30. The number of rotatable bonds is 5. The molecule has 0 aliphatic rings. The van der Waals surface area contributed by atoms with E-state index in [1.807, 2.05) is 29.6 Å². The Morgan fingerprint density at radius 3 is 2.72 bits per heavy atom. The monoisotopic (exact) mass is 354 g/mol. The zero-order valence-corrected chi connectivity index (χ0v) is 14.2. The summed E-state index contributed by atoms with van der Waals surface area (Å²) in [6, 6.07) is 13.5. The topological polar surface area (TPSA) is 51.2 Å². The fourth-order valence-corrected chi connectivity index (χ4v) is 2.92. The van der Waals surface area contributed by atoms with Crippen molar-refractivity contribution in [3.05, 3.63) is 71.4 Å². The van der Waals surface area contributed by atoms with E-state index in [4.69, 9.17) is 4.74 Å². The number of methoxy groups -OCH3 is 1. The predicted octanol–water partition coefficient (Wildman–Crippen LogP) is 4.61. The van der Waals surface area contributed by atoms with E-state index in [0.29, 0.717) is 16.6 Å². The Labute approximate surface area is 148 Å². The molecule has 0 aliphatic heterocycles. The number of benzene rings is 2. The van der Waals surface area contributed by atoms with E-state index >= 15 is 0 Å². The van der Waals surface area contributed by atoms with Crippen molar-refractivity contribution in [1.82, 2.24) is 4.98 Å². The minimum absolute atomic E-state index is 0.286. The molecule has 1 aromatic heterocycles. The van der Waals surface area contributed by atoms with Crippen molar-refractivity contribution in [2.45, 2.75) is 0 Å². The van der Waals surface area contributed by atoms with Gasteiger partial charge >= 0.3 is 0 Å². The first kappa shape index (κ1) is 16.9. The number of para-hydroxylation sites is 1. The summed E-state index contributed by atoms with van der Waals surface area (Å²) >= 11 is 1.31. The smallest absolute Gasteiger partial charge is 0.250 e. The van der Waals surface area contributed by atoms with Gasteiger partial charge < -0.3 is 4.74 Å². The fourth-order valence-electron chi connectivity index (χ4n) is 2.20. The van der Waals surface area contributed by atoms with E-state index in [2.05, 4.69) is 10.3 Å². The lowest BCUT2D eigenvalue weighted by Crippen LogP contribution is -2.07. The van der Waals surface area contributed by atoms with Crippen molar-refractivity contribution in [3.8, 4) is 17.0 Å². The Hall–Kier alpha value is -2.99. The number of amides is 1. The molecule has 6 heteroatoms. The number of anilines is 1. The molecule has 0 fully saturated rings. The van der Waals surface area contributed by atoms with Crippen LogP contribution in [0.15, 0.2) is 60.0 Å². The molecule has 4 nitrogen and oxygen atoms in total. The van der Waals surface area contributed by atoms with Crippen LogP contribution in [0.25, 0.3) is 17.3 Å². The molecule has 25 heavy (non-hydrogen) atoms. The van der Waals surface area contributed by atoms with Gasteiger partial charge in [0, 0.05) is 22.6 Å². The number of nitrogens with zero attached hydrogens (tertiary/aromatic N) is 1. The largest absolute Gasteiger partial charge is 0.496 e. The summed E-state index contributed by atoms with van der Waals surface area (Å²) in [5.74, 6) is 0.110. The van der Waals surface area contributed by atoms with Crippen LogP contribution in [0.3, 0.4) is 0 Å². The van der Waals surface area contributed by atoms with Crippen LogP contribution >= 0.6 is 11.3 Å². The average molecular weight is 354 g/mol. The Morgan fingerprint density at radius 1 is 1.20 bits per heavy atom. The molecule has 0 saturated heterocycles. The maximum atomic E-state index is 13.0. The summed E-state index contributed by atoms with van der Waals surface area (Å²) in [6.07, 6.45) is 3.11. The molecular formula is C19H15FN2O2S. The molecule has 0 bridgehead atoms. The SMILES string of the molecule is COc1ccccc1/C=C/C(=O)Nc1nc(-c2ccc(F)cc2)cs1. The van der Waals surface area contributed by atoms with Gasteiger partial charge in [-0.2, -0.15) is 0 Å². The van der Waals surface area contributed by atoms with Gasteiger partial charge in [-0.05, 0) is 36.4 Å². The van der Waals surface area contributed by atoms with Gasteiger partial charge in [0.15, 0.2) is 5.13 Å². The summed E-state index contributed by atoms with van der Waals surface area (Å²) in [5, 5.41) is 5.01. The molecule has 0 radical (unpaired) electrons. The molecule has 0 aliphatic carbocycles. The van der Waals surface area contributed by atoms with E-state index in [0.717, 1.165) is 11.1 Å². The van der Waals surface area contributed by atoms with Gasteiger partial charge in [0.25, 0.3) is 0 Å². The van der Waals surface area contributed by atoms with E-state index in [-0.39, 0.29) is 11.7 Å². The van der Waals surface area contributed by atoms with E-state index < -0.39 is 0 Å². The van der Waals surface area contributed by atoms with Gasteiger partial charge in [0.2, 0.25) is 5.91 Å². The highest BCUT2D eigenvalue weighted by atomic mass is 32.1. The van der Waals surface area contributed by atoms with Crippen molar-refractivity contribution in [1.29, 1.82) is 0 Å². The molecule has 0 spiro atoms. The van der Waals surface area contributed by atoms with Crippen LogP contribution in [0.2, 0.25) is 0 Å². The van der Waals surface area contributed by atoms with Crippen LogP contribution in [0.1, 0.15) is 5.56 Å². The highest BCUT2D eigenvalue weighted by Gasteiger charge is 2.07. The third-order valence-corrected chi connectivity index (χ3v) is 4.19. The van der Waals surface area contributed by atoms with E-state index in [9.17, 15) is 9.18 Å². The van der Waals surface area contributed by atoms with E-state index in [1.54, 1.807) is 25.3 Å². The number of hydrogen-bond acceptors (Lipinski definition) is 4. The Balaban J connectivity index is 1.67. The molecule has 126 valence electrons. The van der Waals surface area contributed by atoms with Gasteiger partial charge in [-0.15, -0.1) is 11.3 Å². The number of carbonyl (C=O) groups excluding carboxylic acids is 1. The van der Waals surface area contributed by atoms with Crippen molar-refractivity contribution in [2.24, 2.45) is 0 Å². The molecule has 0 saturated carbocycles. The van der Waals surface area contributed by atoms with Gasteiger partial charge in [0.05, 0.1) is 12.8 Å². The van der Waals surface area contributed by atoms with Crippen LogP contribution in [-0.2, 0) is 4.79 Å². The predicted molar refractivity (Wildman–Crippen MR) is 98.2 cm³/mol. The number of hydrogen-bond donors (Lipinski definition) is 1. The maximum absolute atomic E-state index is 13.0. The second-order valence-corrected chi connectivity index (χ2v) is 5.97. The number of aromatic nitrogens is 1. The molecule has 0 unspecified atom stereocenters. The lowest BCUT2D eigenvalue weighted by atomic mass is 10.2. The van der Waals surface area contributed by atoms with Crippen LogP contribution in [0.4, 0.5) is 9.52 Å². The van der Waals surface area contributed by atoms with Gasteiger partial charge in [0.1, 0.15) is 11.6 Å². The average Bonchev–Trinajstić information content (AvgIpc) is 3.09. The standard InChI is InChI=1S/C19H15FN2O2S/c1-24-17-5-3-2-4-14(17)8-11-18(23)22-19-21-16(12-25-19)13-6-9-15(20)10-7-13/h2-12H,1H3,(H,21,22,23)/b11-8+. The maximum Gasteiger partial charge on any atom is 0.250 e. The molecule has 1 N–H and O–H groups in total. The van der Waals surface area contributed by atoms with Gasteiger partial charge in [-0.1, -0.05) is 18.2 Å². The van der Waals surface area contributed by atoms with Crippen LogP contribution < -0.4 is 10.1 Å². The lowest BCUT2D eigenvalue weighted by molar-refractivity contribution is -0.111. The highest BCUT2D eigenvalue weighted by molar-refractivity contribution is 7.14. The first-order valence-corrected chi connectivity index (χ1v) is 8.37. The molecule has 3 aromatic rings. The van der Waals surface area contributed by atoms with Crippen LogP contribution in [-0.4, -0.2) is 18.0 Å². The number of halogens is 1. The second kappa shape index (κ2) is 7.72. The normalized spacial score (nSPS) is 10.8. The molecule has 1 amide bonds.